The van der Waals surface area contributed by atoms with Crippen molar-refractivity contribution in [3.63, 3.8) is 0 Å². The van der Waals surface area contributed by atoms with Gasteiger partial charge in [-0.05, 0) is 62.7 Å². The van der Waals surface area contributed by atoms with E-state index in [0.717, 1.165) is 10.5 Å². The number of aromatic hydroxyl groups is 1. The van der Waals surface area contributed by atoms with Crippen molar-refractivity contribution in [1.82, 2.24) is 0 Å². The molecule has 1 amide bonds. The number of halogens is 1. The molecule has 0 aromatic heterocycles. The van der Waals surface area contributed by atoms with Gasteiger partial charge in [-0.3, -0.25) is 14.5 Å². The summed E-state index contributed by atoms with van der Waals surface area (Å²) in [5, 5.41) is 21.6. The van der Waals surface area contributed by atoms with Crippen LogP contribution < -0.4 is 9.64 Å². The van der Waals surface area contributed by atoms with Gasteiger partial charge in [0.25, 0.3) is 11.7 Å². The number of hydrogen-bond donors (Lipinski definition) is 2. The lowest BCUT2D eigenvalue weighted by atomic mass is 9.94. The van der Waals surface area contributed by atoms with Crippen molar-refractivity contribution in [2.75, 3.05) is 4.90 Å². The molecule has 34 heavy (non-hydrogen) atoms. The molecule has 3 aromatic carbocycles. The Morgan fingerprint density at radius 3 is 2.35 bits per heavy atom. The van der Waals surface area contributed by atoms with Crippen LogP contribution in [0.5, 0.6) is 11.5 Å². The van der Waals surface area contributed by atoms with Crippen molar-refractivity contribution in [2.45, 2.75) is 32.9 Å². The van der Waals surface area contributed by atoms with Crippen molar-refractivity contribution in [1.29, 1.82) is 0 Å². The van der Waals surface area contributed by atoms with Crippen LogP contribution in [-0.2, 0) is 9.59 Å². The van der Waals surface area contributed by atoms with Crippen molar-refractivity contribution in [3.8, 4) is 11.5 Å². The minimum atomic E-state index is -1.28. The van der Waals surface area contributed by atoms with E-state index in [-0.39, 0.29) is 34.2 Å². The zero-order valence-corrected chi connectivity index (χ0v) is 18.9. The quantitative estimate of drug-likeness (QED) is 0.308. The first kappa shape index (κ1) is 23.0. The summed E-state index contributed by atoms with van der Waals surface area (Å²) in [5.41, 5.74) is 0.785. The molecule has 2 N–H and O–H groups in total. The molecule has 4 rings (SSSR count). The summed E-state index contributed by atoms with van der Waals surface area (Å²) in [4.78, 5) is 27.3. The molecule has 1 unspecified atom stereocenters. The molecule has 1 atom stereocenters. The Balaban J connectivity index is 1.93. The van der Waals surface area contributed by atoms with E-state index in [1.54, 1.807) is 43.3 Å². The van der Waals surface area contributed by atoms with E-state index in [2.05, 4.69) is 0 Å². The molecule has 1 saturated heterocycles. The van der Waals surface area contributed by atoms with Gasteiger partial charge in [0.1, 0.15) is 23.1 Å². The number of aryl methyl sites for hydroxylation is 1. The predicted octanol–water partition coefficient (Wildman–Crippen LogP) is 5.25. The number of amides is 1. The molecule has 1 aliphatic rings. The second-order valence-corrected chi connectivity index (χ2v) is 8.33. The molecule has 0 saturated carbocycles. The third kappa shape index (κ3) is 4.01. The van der Waals surface area contributed by atoms with Crippen LogP contribution >= 0.6 is 0 Å². The Hall–Kier alpha value is -4.13. The number of nitrogens with zero attached hydrogens (tertiary/aromatic N) is 1. The molecule has 1 aliphatic heterocycles. The summed E-state index contributed by atoms with van der Waals surface area (Å²) in [5.74, 6) is -2.69. The summed E-state index contributed by atoms with van der Waals surface area (Å²) in [7, 11) is 0. The molecule has 6 nitrogen and oxygen atoms in total. The van der Waals surface area contributed by atoms with Crippen molar-refractivity contribution < 1.29 is 28.9 Å². The molecule has 0 bridgehead atoms. The molecule has 0 aliphatic carbocycles. The number of benzene rings is 3. The van der Waals surface area contributed by atoms with Gasteiger partial charge in [0.05, 0.1) is 23.4 Å². The maximum atomic E-state index is 14.9. The van der Waals surface area contributed by atoms with E-state index in [9.17, 15) is 24.2 Å². The predicted molar refractivity (Wildman–Crippen MR) is 126 cm³/mol. The van der Waals surface area contributed by atoms with Crippen LogP contribution in [0.3, 0.4) is 0 Å². The fraction of sp³-hybridized carbons (Fsp3) is 0.185. The fourth-order valence-corrected chi connectivity index (χ4v) is 4.08. The first-order valence-electron chi connectivity index (χ1n) is 10.8. The molecule has 174 valence electrons. The lowest BCUT2D eigenvalue weighted by Gasteiger charge is -2.26. The van der Waals surface area contributed by atoms with Crippen LogP contribution in [0.25, 0.3) is 5.76 Å². The average molecular weight is 461 g/mol. The van der Waals surface area contributed by atoms with Gasteiger partial charge in [-0.25, -0.2) is 4.39 Å². The topological polar surface area (TPSA) is 87.1 Å². The Labute approximate surface area is 196 Å². The van der Waals surface area contributed by atoms with Gasteiger partial charge in [-0.2, -0.15) is 0 Å². The maximum absolute atomic E-state index is 14.9. The molecule has 3 aromatic rings. The summed E-state index contributed by atoms with van der Waals surface area (Å²) < 4.78 is 20.7. The fourth-order valence-electron chi connectivity index (χ4n) is 4.08. The molecule has 1 heterocycles. The number of aliphatic hydroxyl groups is 1. The number of ketones is 1. The molecule has 7 heteroatoms. The minimum absolute atomic E-state index is 0.0167. The third-order valence-corrected chi connectivity index (χ3v) is 5.60. The highest BCUT2D eigenvalue weighted by atomic mass is 19.1. The minimum Gasteiger partial charge on any atom is -0.507 e. The summed E-state index contributed by atoms with van der Waals surface area (Å²) >= 11 is 0. The zero-order valence-electron chi connectivity index (χ0n) is 18.9. The van der Waals surface area contributed by atoms with E-state index >= 15 is 0 Å². The number of carbonyl (C=O) groups excluding carboxylic acids is 2. The number of aliphatic hydroxyl groups excluding tert-OH is 1. The summed E-state index contributed by atoms with van der Waals surface area (Å²) in [6.07, 6.45) is -0.0527. The number of carbonyl (C=O) groups is 2. The standard InChI is InChI=1S/C27H24FNO5/c1-15(2)34-22-13-12-17(14-16(22)3)25(31)23-24(18-8-4-5-9-19(18)28)29(27(33)26(23)32)20-10-6-7-11-21(20)30/h4-15,24,30-31H,1-3H3/b25-23+. The average Bonchev–Trinajstić information content (AvgIpc) is 3.05. The lowest BCUT2D eigenvalue weighted by molar-refractivity contribution is -0.132. The van der Waals surface area contributed by atoms with Crippen LogP contribution in [0, 0.1) is 12.7 Å². The Bertz CT molecular complexity index is 1310. The Kier molecular flexibility index (Phi) is 6.11. The van der Waals surface area contributed by atoms with E-state index < -0.39 is 29.3 Å². The van der Waals surface area contributed by atoms with E-state index in [1.807, 2.05) is 13.8 Å². The van der Waals surface area contributed by atoms with E-state index in [0.29, 0.717) is 5.75 Å². The number of para-hydroxylation sites is 2. The van der Waals surface area contributed by atoms with E-state index in [4.69, 9.17) is 4.74 Å². The first-order chi connectivity index (χ1) is 16.2. The van der Waals surface area contributed by atoms with Crippen molar-refractivity contribution in [3.05, 3.63) is 94.8 Å². The number of rotatable bonds is 5. The van der Waals surface area contributed by atoms with Crippen LogP contribution in [-0.4, -0.2) is 28.0 Å². The van der Waals surface area contributed by atoms with Crippen LogP contribution in [0.1, 0.15) is 36.6 Å². The van der Waals surface area contributed by atoms with E-state index in [1.165, 1.54) is 30.3 Å². The lowest BCUT2D eigenvalue weighted by Crippen LogP contribution is -2.29. The third-order valence-electron chi connectivity index (χ3n) is 5.60. The molecular weight excluding hydrogens is 437 g/mol. The van der Waals surface area contributed by atoms with Crippen molar-refractivity contribution in [2.24, 2.45) is 0 Å². The molecular formula is C27H24FNO5. The smallest absolute Gasteiger partial charge is 0.300 e. The second-order valence-electron chi connectivity index (χ2n) is 8.33. The SMILES string of the molecule is Cc1cc(/C(O)=C2\C(=O)C(=O)N(c3ccccc3O)C2c2ccccc2F)ccc1OC(C)C. The van der Waals surface area contributed by atoms with Gasteiger partial charge < -0.3 is 14.9 Å². The highest BCUT2D eigenvalue weighted by Gasteiger charge is 2.48. The Morgan fingerprint density at radius 1 is 1.03 bits per heavy atom. The van der Waals surface area contributed by atoms with Crippen LogP contribution in [0.2, 0.25) is 0 Å². The van der Waals surface area contributed by atoms with Gasteiger partial charge >= 0.3 is 0 Å². The van der Waals surface area contributed by atoms with Gasteiger partial charge in [0, 0.05) is 11.1 Å². The zero-order chi connectivity index (χ0) is 24.6. The number of ether oxygens (including phenoxy) is 1. The van der Waals surface area contributed by atoms with Gasteiger partial charge in [-0.1, -0.05) is 30.3 Å². The maximum Gasteiger partial charge on any atom is 0.300 e. The first-order valence-corrected chi connectivity index (χ1v) is 10.8. The molecule has 1 fully saturated rings. The number of anilines is 1. The van der Waals surface area contributed by atoms with Crippen LogP contribution in [0.15, 0.2) is 72.3 Å². The number of Topliss-reactive ketones (excluding diaryl/α,β-unsaturated/α-hetero) is 1. The number of phenolic OH excluding ortho intramolecular Hbond substituents is 1. The summed E-state index contributed by atoms with van der Waals surface area (Å²) in [6, 6.07) is 15.3. The van der Waals surface area contributed by atoms with Gasteiger partial charge in [-0.15, -0.1) is 0 Å². The highest BCUT2D eigenvalue weighted by Crippen LogP contribution is 2.45. The van der Waals surface area contributed by atoms with Gasteiger partial charge in [0.2, 0.25) is 0 Å². The molecule has 0 spiro atoms. The largest absolute Gasteiger partial charge is 0.507 e. The Morgan fingerprint density at radius 2 is 1.71 bits per heavy atom. The molecule has 0 radical (unpaired) electrons. The number of phenols is 1. The second kappa shape index (κ2) is 9.02. The normalized spacial score (nSPS) is 17.4. The number of hydrogen-bond acceptors (Lipinski definition) is 5. The monoisotopic (exact) mass is 461 g/mol. The van der Waals surface area contributed by atoms with Crippen molar-refractivity contribution >= 4 is 23.1 Å². The van der Waals surface area contributed by atoms with Crippen LogP contribution in [0.4, 0.5) is 10.1 Å². The highest BCUT2D eigenvalue weighted by molar-refractivity contribution is 6.51. The van der Waals surface area contributed by atoms with Gasteiger partial charge in [0.15, 0.2) is 0 Å². The summed E-state index contributed by atoms with van der Waals surface area (Å²) in [6.45, 7) is 5.58.